The average Bonchev–Trinajstić information content (AvgIpc) is 3.39. The highest BCUT2D eigenvalue weighted by Crippen LogP contribution is 2.35. The molecule has 2 unspecified atom stereocenters. The second kappa shape index (κ2) is 12.1. The van der Waals surface area contributed by atoms with E-state index in [1.54, 1.807) is 25.0 Å². The summed E-state index contributed by atoms with van der Waals surface area (Å²) in [5.74, 6) is 7.00. The predicted octanol–water partition coefficient (Wildman–Crippen LogP) is 4.37. The number of nitrogens with zero attached hydrogens (tertiary/aromatic N) is 3. The summed E-state index contributed by atoms with van der Waals surface area (Å²) in [5.41, 5.74) is 3.46. The van der Waals surface area contributed by atoms with Crippen molar-refractivity contribution in [2.45, 2.75) is 38.2 Å². The topological polar surface area (TPSA) is 95.8 Å². The lowest BCUT2D eigenvalue weighted by Gasteiger charge is -2.38. The van der Waals surface area contributed by atoms with E-state index in [2.05, 4.69) is 26.7 Å². The molecule has 0 spiro atoms. The lowest BCUT2D eigenvalue weighted by molar-refractivity contribution is -0.137. The zero-order valence-corrected chi connectivity index (χ0v) is 20.7. The Kier molecular flexibility index (Phi) is 8.69. The van der Waals surface area contributed by atoms with Crippen molar-refractivity contribution in [2.75, 3.05) is 26.7 Å². The molecule has 1 saturated heterocycles. The zero-order chi connectivity index (χ0) is 24.6. The molecule has 3 aromatic rings. The number of rotatable bonds is 9. The number of hydrogen-bond donors (Lipinski definition) is 2. The summed E-state index contributed by atoms with van der Waals surface area (Å²) >= 11 is 1.53. The Balaban J connectivity index is 1.39. The third kappa shape index (κ3) is 6.79. The summed E-state index contributed by atoms with van der Waals surface area (Å²) in [6, 6.07) is 7.56. The number of likely N-dealkylation sites (tertiary alicyclic amines) is 1. The molecule has 7 nitrogen and oxygen atoms in total. The first-order valence-electron chi connectivity index (χ1n) is 12.0. The van der Waals surface area contributed by atoms with Gasteiger partial charge in [-0.1, -0.05) is 11.8 Å². The quantitative estimate of drug-likeness (QED) is 0.428. The normalized spacial score (nSPS) is 19.1. The van der Waals surface area contributed by atoms with E-state index in [1.165, 1.54) is 11.3 Å². The molecule has 8 heteroatoms. The molecule has 1 aliphatic heterocycles. The molecule has 0 bridgehead atoms. The Morgan fingerprint density at radius 2 is 2.20 bits per heavy atom. The van der Waals surface area contributed by atoms with E-state index < -0.39 is 12.1 Å². The third-order valence-corrected chi connectivity index (χ3v) is 7.49. The minimum atomic E-state index is -0.761. The standard InChI is InChI=1S/C27H31N3O4S/c1-34-21-6-7-25-24(15-21)23(10-12-29-25)26(31)8-4-19-11-14-30(17-20(19)5-9-27(32)33)13-2-3-22-16-28-18-35-22/h6-7,10,12,15-16,18-20,26,31H,4-5,8-9,11,13-14,17H2,1H3,(H,32,33)/t19?,20?,26-/m0/s1. The summed E-state index contributed by atoms with van der Waals surface area (Å²) < 4.78 is 5.36. The fourth-order valence-electron chi connectivity index (χ4n) is 4.92. The first kappa shape index (κ1) is 25.1. The van der Waals surface area contributed by atoms with Crippen LogP contribution >= 0.6 is 11.3 Å². The van der Waals surface area contributed by atoms with Crippen molar-refractivity contribution in [2.24, 2.45) is 11.8 Å². The lowest BCUT2D eigenvalue weighted by atomic mass is 9.79. The number of carboxylic acid groups (broad SMARTS) is 1. The number of methoxy groups -OCH3 is 1. The Bertz CT molecular complexity index is 1190. The molecule has 0 aliphatic carbocycles. The largest absolute Gasteiger partial charge is 0.497 e. The molecule has 35 heavy (non-hydrogen) atoms. The predicted molar refractivity (Wildman–Crippen MR) is 136 cm³/mol. The van der Waals surface area contributed by atoms with Crippen LogP contribution in [0.3, 0.4) is 0 Å². The van der Waals surface area contributed by atoms with Gasteiger partial charge in [-0.3, -0.25) is 19.7 Å². The number of aliphatic hydroxyl groups is 1. The van der Waals surface area contributed by atoms with Crippen LogP contribution in [-0.2, 0) is 4.79 Å². The first-order chi connectivity index (χ1) is 17.0. The highest BCUT2D eigenvalue weighted by atomic mass is 32.1. The highest BCUT2D eigenvalue weighted by Gasteiger charge is 2.29. The molecule has 1 aromatic carbocycles. The number of thiazole rings is 1. The van der Waals surface area contributed by atoms with E-state index in [4.69, 9.17) is 4.74 Å². The van der Waals surface area contributed by atoms with Crippen LogP contribution in [-0.4, -0.2) is 57.8 Å². The van der Waals surface area contributed by atoms with E-state index in [-0.39, 0.29) is 12.3 Å². The van der Waals surface area contributed by atoms with E-state index in [1.807, 2.05) is 24.3 Å². The van der Waals surface area contributed by atoms with Crippen LogP contribution in [0.2, 0.25) is 0 Å². The van der Waals surface area contributed by atoms with Gasteiger partial charge in [-0.25, -0.2) is 0 Å². The monoisotopic (exact) mass is 493 g/mol. The molecule has 184 valence electrons. The van der Waals surface area contributed by atoms with Crippen LogP contribution in [0.4, 0.5) is 0 Å². The minimum Gasteiger partial charge on any atom is -0.497 e. The Labute approximate surface area is 209 Å². The van der Waals surface area contributed by atoms with Gasteiger partial charge in [-0.05, 0) is 73.9 Å². The number of ether oxygens (including phenoxy) is 1. The summed E-state index contributed by atoms with van der Waals surface area (Å²) in [4.78, 5) is 23.0. The van der Waals surface area contributed by atoms with Gasteiger partial charge in [0.15, 0.2) is 0 Å². The van der Waals surface area contributed by atoms with Gasteiger partial charge in [0.05, 0.1) is 41.9 Å². The second-order valence-corrected chi connectivity index (χ2v) is 9.91. The Morgan fingerprint density at radius 3 is 2.97 bits per heavy atom. The molecule has 1 fully saturated rings. The molecule has 2 N–H and O–H groups in total. The molecule has 3 heterocycles. The van der Waals surface area contributed by atoms with Crippen LogP contribution in [0.1, 0.15) is 48.6 Å². The number of aliphatic hydroxyl groups excluding tert-OH is 1. The summed E-state index contributed by atoms with van der Waals surface area (Å²) in [6.45, 7) is 2.43. The van der Waals surface area contributed by atoms with Gasteiger partial charge in [0, 0.05) is 24.5 Å². The molecule has 0 amide bonds. The fraction of sp³-hybridized carbons (Fsp3) is 0.444. The number of aliphatic carboxylic acids is 1. The number of fused-ring (bicyclic) bond motifs is 1. The van der Waals surface area contributed by atoms with Gasteiger partial charge in [0.25, 0.3) is 0 Å². The number of pyridine rings is 1. The number of carboxylic acids is 1. The lowest BCUT2D eigenvalue weighted by Crippen LogP contribution is -2.41. The first-order valence-corrected chi connectivity index (χ1v) is 12.8. The highest BCUT2D eigenvalue weighted by molar-refractivity contribution is 7.10. The van der Waals surface area contributed by atoms with Crippen LogP contribution in [0.25, 0.3) is 10.9 Å². The number of carbonyl (C=O) groups is 1. The van der Waals surface area contributed by atoms with Gasteiger partial charge in [-0.2, -0.15) is 0 Å². The minimum absolute atomic E-state index is 0.166. The van der Waals surface area contributed by atoms with Crippen LogP contribution < -0.4 is 4.74 Å². The Hall–Kier alpha value is -2.99. The molecule has 0 saturated carbocycles. The second-order valence-electron chi connectivity index (χ2n) is 9.02. The van der Waals surface area contributed by atoms with Crippen molar-refractivity contribution in [1.29, 1.82) is 0 Å². The molecule has 4 rings (SSSR count). The molecule has 1 aliphatic rings. The Morgan fingerprint density at radius 1 is 1.31 bits per heavy atom. The zero-order valence-electron chi connectivity index (χ0n) is 19.9. The van der Waals surface area contributed by atoms with Crippen molar-refractivity contribution < 1.29 is 19.7 Å². The maximum absolute atomic E-state index is 11.3. The van der Waals surface area contributed by atoms with Crippen molar-refractivity contribution in [3.63, 3.8) is 0 Å². The van der Waals surface area contributed by atoms with E-state index >= 15 is 0 Å². The molecule has 2 aromatic heterocycles. The molecular formula is C27H31N3O4S. The number of piperidine rings is 1. The maximum atomic E-state index is 11.3. The van der Waals surface area contributed by atoms with E-state index in [0.29, 0.717) is 25.3 Å². The SMILES string of the molecule is COc1ccc2nccc([C@@H](O)CCC3CCN(CC#Cc4cncs4)CC3CCC(=O)O)c2c1. The van der Waals surface area contributed by atoms with Crippen molar-refractivity contribution in [3.05, 3.63) is 52.6 Å². The number of aromatic nitrogens is 2. The maximum Gasteiger partial charge on any atom is 0.303 e. The summed E-state index contributed by atoms with van der Waals surface area (Å²) in [6.07, 6.45) is 6.14. The molecule has 3 atom stereocenters. The van der Waals surface area contributed by atoms with Gasteiger partial charge in [-0.15, -0.1) is 11.3 Å². The number of benzene rings is 1. The van der Waals surface area contributed by atoms with Crippen molar-refractivity contribution >= 4 is 28.2 Å². The number of hydrogen-bond acceptors (Lipinski definition) is 7. The van der Waals surface area contributed by atoms with Crippen LogP contribution in [0.5, 0.6) is 5.75 Å². The smallest absolute Gasteiger partial charge is 0.303 e. The van der Waals surface area contributed by atoms with Crippen LogP contribution in [0, 0.1) is 23.7 Å². The molecular weight excluding hydrogens is 462 g/mol. The van der Waals surface area contributed by atoms with Crippen molar-refractivity contribution in [1.82, 2.24) is 14.9 Å². The summed E-state index contributed by atoms with van der Waals surface area (Å²) in [7, 11) is 1.63. The van der Waals surface area contributed by atoms with E-state index in [9.17, 15) is 15.0 Å². The van der Waals surface area contributed by atoms with E-state index in [0.717, 1.165) is 53.0 Å². The van der Waals surface area contributed by atoms with Gasteiger partial charge < -0.3 is 14.9 Å². The average molecular weight is 494 g/mol. The van der Waals surface area contributed by atoms with Gasteiger partial charge in [0.1, 0.15) is 5.75 Å². The van der Waals surface area contributed by atoms with Crippen molar-refractivity contribution in [3.8, 4) is 17.6 Å². The van der Waals surface area contributed by atoms with Gasteiger partial charge >= 0.3 is 5.97 Å². The molecule has 0 radical (unpaired) electrons. The summed E-state index contributed by atoms with van der Waals surface area (Å²) in [5, 5.41) is 21.2. The van der Waals surface area contributed by atoms with Gasteiger partial charge in [0.2, 0.25) is 0 Å². The fourth-order valence-corrected chi connectivity index (χ4v) is 5.41. The van der Waals surface area contributed by atoms with Crippen LogP contribution in [0.15, 0.2) is 42.2 Å². The third-order valence-electron chi connectivity index (χ3n) is 6.80.